The number of hydrogen-bond acceptors (Lipinski definition) is 5. The highest BCUT2D eigenvalue weighted by atomic mass is 35.5. The number of hydrogen-bond donors (Lipinski definition) is 1. The van der Waals surface area contributed by atoms with Crippen molar-refractivity contribution in [3.8, 4) is 17.1 Å². The number of rotatable bonds is 7. The maximum Gasteiger partial charge on any atom is 0.234 e. The highest BCUT2D eigenvalue weighted by Gasteiger charge is 2.18. The zero-order valence-corrected chi connectivity index (χ0v) is 19.3. The number of carbonyl (C=O) groups is 1. The molecule has 4 aromatic rings. The summed E-state index contributed by atoms with van der Waals surface area (Å²) in [5.41, 5.74) is 3.53. The Morgan fingerprint density at radius 3 is 2.50 bits per heavy atom. The summed E-state index contributed by atoms with van der Waals surface area (Å²) in [5, 5.41) is 12.8. The van der Waals surface area contributed by atoms with Gasteiger partial charge in [0.25, 0.3) is 0 Å². The molecule has 0 fully saturated rings. The fourth-order valence-corrected chi connectivity index (χ4v) is 4.10. The minimum Gasteiger partial charge on any atom is -0.378 e. The molecule has 0 bridgehead atoms. The van der Waals surface area contributed by atoms with Gasteiger partial charge in [0.05, 0.1) is 16.5 Å². The average Bonchev–Trinajstić information content (AvgIpc) is 3.24. The van der Waals surface area contributed by atoms with Gasteiger partial charge in [-0.25, -0.2) is 0 Å². The Labute approximate surface area is 196 Å². The van der Waals surface area contributed by atoms with Gasteiger partial charge in [-0.3, -0.25) is 9.36 Å². The van der Waals surface area contributed by atoms with Gasteiger partial charge >= 0.3 is 0 Å². The fraction of sp³-hybridized carbons (Fsp3) is 0.125. The van der Waals surface area contributed by atoms with Gasteiger partial charge in [0.1, 0.15) is 0 Å². The predicted octanol–water partition coefficient (Wildman–Crippen LogP) is 5.38. The van der Waals surface area contributed by atoms with Crippen LogP contribution in [-0.2, 0) is 4.79 Å². The molecule has 3 aromatic carbocycles. The first kappa shape index (κ1) is 21.9. The van der Waals surface area contributed by atoms with Crippen molar-refractivity contribution in [3.63, 3.8) is 0 Å². The third-order valence-corrected chi connectivity index (χ3v) is 6.01. The van der Waals surface area contributed by atoms with Gasteiger partial charge in [0.15, 0.2) is 11.0 Å². The number of anilines is 2. The van der Waals surface area contributed by atoms with Crippen LogP contribution in [-0.4, -0.2) is 40.5 Å². The van der Waals surface area contributed by atoms with E-state index in [2.05, 4.69) is 21.6 Å². The lowest BCUT2D eigenvalue weighted by atomic mass is 10.1. The summed E-state index contributed by atoms with van der Waals surface area (Å²) in [6, 6.07) is 25.2. The lowest BCUT2D eigenvalue weighted by Gasteiger charge is -2.14. The molecule has 6 nitrogen and oxygen atoms in total. The fourth-order valence-electron chi connectivity index (χ4n) is 3.16. The molecule has 0 atom stereocenters. The van der Waals surface area contributed by atoms with Crippen LogP contribution in [0.25, 0.3) is 17.1 Å². The quantitative estimate of drug-likeness (QED) is 0.372. The molecule has 0 saturated heterocycles. The molecule has 162 valence electrons. The highest BCUT2D eigenvalue weighted by Crippen LogP contribution is 2.30. The second-order valence-corrected chi connectivity index (χ2v) is 8.59. The molecule has 8 heteroatoms. The summed E-state index contributed by atoms with van der Waals surface area (Å²) in [4.78, 5) is 14.6. The van der Waals surface area contributed by atoms with Crippen LogP contribution in [0.2, 0.25) is 5.02 Å². The second kappa shape index (κ2) is 9.89. The van der Waals surface area contributed by atoms with Crippen molar-refractivity contribution in [2.45, 2.75) is 5.16 Å². The van der Waals surface area contributed by atoms with Crippen LogP contribution >= 0.6 is 23.4 Å². The minimum absolute atomic E-state index is 0.165. The molecule has 0 aliphatic carbocycles. The van der Waals surface area contributed by atoms with Crippen molar-refractivity contribution in [1.82, 2.24) is 14.8 Å². The van der Waals surface area contributed by atoms with Gasteiger partial charge in [0, 0.05) is 31.0 Å². The number of halogens is 1. The van der Waals surface area contributed by atoms with Crippen molar-refractivity contribution < 1.29 is 4.79 Å². The van der Waals surface area contributed by atoms with E-state index in [1.54, 1.807) is 12.1 Å². The van der Waals surface area contributed by atoms with Crippen LogP contribution in [0.1, 0.15) is 0 Å². The first-order chi connectivity index (χ1) is 15.5. The molecule has 32 heavy (non-hydrogen) atoms. The van der Waals surface area contributed by atoms with Crippen LogP contribution in [0.5, 0.6) is 0 Å². The Hall–Kier alpha value is -3.29. The summed E-state index contributed by atoms with van der Waals surface area (Å²) in [7, 11) is 4.00. The third kappa shape index (κ3) is 4.95. The minimum atomic E-state index is -0.165. The van der Waals surface area contributed by atoms with Crippen molar-refractivity contribution >= 4 is 40.6 Å². The molecule has 0 spiro atoms. The van der Waals surface area contributed by atoms with Crippen molar-refractivity contribution in [3.05, 3.63) is 83.9 Å². The maximum absolute atomic E-state index is 12.5. The number of benzene rings is 3. The van der Waals surface area contributed by atoms with Crippen molar-refractivity contribution in [1.29, 1.82) is 0 Å². The van der Waals surface area contributed by atoms with E-state index in [1.165, 1.54) is 11.8 Å². The van der Waals surface area contributed by atoms with Crippen LogP contribution in [0.3, 0.4) is 0 Å². The summed E-state index contributed by atoms with van der Waals surface area (Å²) >= 11 is 7.47. The Morgan fingerprint density at radius 2 is 1.75 bits per heavy atom. The van der Waals surface area contributed by atoms with Crippen LogP contribution < -0.4 is 10.2 Å². The summed E-state index contributed by atoms with van der Waals surface area (Å²) in [6.45, 7) is 0. The van der Waals surface area contributed by atoms with E-state index in [0.29, 0.717) is 21.7 Å². The molecule has 1 heterocycles. The molecule has 0 radical (unpaired) electrons. The van der Waals surface area contributed by atoms with E-state index in [0.717, 1.165) is 16.9 Å². The van der Waals surface area contributed by atoms with Gasteiger partial charge in [-0.05, 0) is 36.4 Å². The molecule has 1 N–H and O–H groups in total. The predicted molar refractivity (Wildman–Crippen MR) is 132 cm³/mol. The second-order valence-electron chi connectivity index (χ2n) is 7.24. The zero-order valence-electron chi connectivity index (χ0n) is 17.7. The Balaban J connectivity index is 1.62. The van der Waals surface area contributed by atoms with Crippen molar-refractivity contribution in [2.75, 3.05) is 30.1 Å². The monoisotopic (exact) mass is 463 g/mol. The average molecular weight is 464 g/mol. The maximum atomic E-state index is 12.5. The number of aromatic nitrogens is 3. The molecule has 4 rings (SSSR count). The standard InChI is InChI=1S/C24H22ClN5OS/c1-29(2)19-12-8-9-17(15-19)23-27-28-24(30(23)18-10-4-3-5-11-18)32-16-22(31)26-21-14-7-6-13-20(21)25/h3-15H,16H2,1-2H3,(H,26,31). The first-order valence-electron chi connectivity index (χ1n) is 9.98. The lowest BCUT2D eigenvalue weighted by molar-refractivity contribution is -0.113. The van der Waals surface area contributed by atoms with Gasteiger partial charge in [-0.15, -0.1) is 10.2 Å². The highest BCUT2D eigenvalue weighted by molar-refractivity contribution is 7.99. The van der Waals surface area contributed by atoms with E-state index in [1.807, 2.05) is 84.2 Å². The summed E-state index contributed by atoms with van der Waals surface area (Å²) < 4.78 is 1.97. The topological polar surface area (TPSA) is 63.1 Å². The number of nitrogens with one attached hydrogen (secondary N) is 1. The molecule has 1 aromatic heterocycles. The van der Waals surface area contributed by atoms with Crippen molar-refractivity contribution in [2.24, 2.45) is 0 Å². The Bertz CT molecular complexity index is 1230. The number of nitrogens with zero attached hydrogens (tertiary/aromatic N) is 4. The zero-order chi connectivity index (χ0) is 22.5. The molecular weight excluding hydrogens is 442 g/mol. The van der Waals surface area contributed by atoms with Gasteiger partial charge < -0.3 is 10.2 Å². The van der Waals surface area contributed by atoms with Gasteiger partial charge in [0.2, 0.25) is 5.91 Å². The van der Waals surface area contributed by atoms with Gasteiger partial charge in [-0.2, -0.15) is 0 Å². The summed E-state index contributed by atoms with van der Waals surface area (Å²) in [6.07, 6.45) is 0. The number of para-hydroxylation sites is 2. The van der Waals surface area contributed by atoms with E-state index >= 15 is 0 Å². The normalized spacial score (nSPS) is 10.7. The molecular formula is C24H22ClN5OS. The largest absolute Gasteiger partial charge is 0.378 e. The van der Waals surface area contributed by atoms with E-state index in [9.17, 15) is 4.79 Å². The van der Waals surface area contributed by atoms with Gasteiger partial charge in [-0.1, -0.05) is 65.8 Å². The van der Waals surface area contributed by atoms with E-state index in [-0.39, 0.29) is 11.7 Å². The molecule has 1 amide bonds. The Kier molecular flexibility index (Phi) is 6.78. The third-order valence-electron chi connectivity index (χ3n) is 4.75. The van der Waals surface area contributed by atoms with Crippen LogP contribution in [0.15, 0.2) is 84.0 Å². The molecule has 0 unspecified atom stereocenters. The van der Waals surface area contributed by atoms with E-state index in [4.69, 9.17) is 11.6 Å². The molecule has 0 saturated carbocycles. The SMILES string of the molecule is CN(C)c1cccc(-c2nnc(SCC(=O)Nc3ccccc3Cl)n2-c2ccccc2)c1. The van der Waals surface area contributed by atoms with Crippen LogP contribution in [0, 0.1) is 0 Å². The molecule has 0 aliphatic heterocycles. The van der Waals surface area contributed by atoms with E-state index < -0.39 is 0 Å². The molecule has 0 aliphatic rings. The van der Waals surface area contributed by atoms with Crippen LogP contribution in [0.4, 0.5) is 11.4 Å². The smallest absolute Gasteiger partial charge is 0.234 e. The number of amides is 1. The lowest BCUT2D eigenvalue weighted by Crippen LogP contribution is -2.14. The first-order valence-corrected chi connectivity index (χ1v) is 11.3. The Morgan fingerprint density at radius 1 is 1.00 bits per heavy atom. The number of thioether (sulfide) groups is 1. The number of carbonyl (C=O) groups excluding carboxylic acids is 1. The summed E-state index contributed by atoms with van der Waals surface area (Å²) in [5.74, 6) is 0.726.